The molecule has 0 atom stereocenters. The number of halogens is 2. The van der Waals surface area contributed by atoms with E-state index in [0.29, 0.717) is 51.2 Å². The first-order valence-corrected chi connectivity index (χ1v) is 10.4. The number of carbonyl (C=O) groups excluding carboxylic acids is 1. The van der Waals surface area contributed by atoms with E-state index in [2.05, 4.69) is 10.1 Å². The molecule has 30 heavy (non-hydrogen) atoms. The van der Waals surface area contributed by atoms with Crippen LogP contribution in [0.1, 0.15) is 44.2 Å². The van der Waals surface area contributed by atoms with E-state index >= 15 is 0 Å². The summed E-state index contributed by atoms with van der Waals surface area (Å²) in [5.41, 5.74) is 5.17. The van der Waals surface area contributed by atoms with Gasteiger partial charge in [0.05, 0.1) is 22.8 Å². The molecule has 0 saturated heterocycles. The minimum Gasteiger partial charge on any atom is -0.361 e. The molecule has 0 bridgehead atoms. The summed E-state index contributed by atoms with van der Waals surface area (Å²) in [6, 6.07) is 3.67. The number of aryl methyl sites for hydroxylation is 4. The number of aromatic amines is 1. The van der Waals surface area contributed by atoms with E-state index in [9.17, 15) is 9.59 Å². The largest absolute Gasteiger partial charge is 0.361 e. The zero-order chi connectivity index (χ0) is 21.7. The number of nitrogens with one attached hydrogen (secondary N) is 1. The zero-order valence-electron chi connectivity index (χ0n) is 17.2. The van der Waals surface area contributed by atoms with Gasteiger partial charge in [-0.15, -0.1) is 0 Å². The molecule has 1 amide bonds. The minimum atomic E-state index is -0.240. The van der Waals surface area contributed by atoms with Gasteiger partial charge in [-0.05, 0) is 57.4 Å². The van der Waals surface area contributed by atoms with E-state index in [-0.39, 0.29) is 18.0 Å². The molecule has 3 heterocycles. The van der Waals surface area contributed by atoms with Gasteiger partial charge in [0.15, 0.2) is 0 Å². The second-order valence-corrected chi connectivity index (χ2v) is 8.48. The summed E-state index contributed by atoms with van der Waals surface area (Å²) in [6.07, 6.45) is 0.560. The van der Waals surface area contributed by atoms with Crippen LogP contribution < -0.4 is 5.56 Å². The second kappa shape index (κ2) is 7.60. The zero-order valence-corrected chi connectivity index (χ0v) is 18.7. The third-order valence-electron chi connectivity index (χ3n) is 5.60. The smallest absolute Gasteiger partial charge is 0.256 e. The quantitative estimate of drug-likeness (QED) is 0.629. The highest BCUT2D eigenvalue weighted by Crippen LogP contribution is 2.41. The molecule has 0 aliphatic carbocycles. The van der Waals surface area contributed by atoms with E-state index in [4.69, 9.17) is 27.7 Å². The molecule has 156 valence electrons. The number of nitrogens with zero attached hydrogens (tertiary/aromatic N) is 2. The second-order valence-electron chi connectivity index (χ2n) is 7.69. The van der Waals surface area contributed by atoms with Crippen molar-refractivity contribution >= 4 is 29.1 Å². The lowest BCUT2D eigenvalue weighted by molar-refractivity contribution is 0.0726. The molecule has 0 saturated carbocycles. The SMILES string of the molecule is Cc1cc(C)c(CN2CCc3c(Cl)cc(-c4c(C)noc4C)c(Cl)c3C2=O)c(=O)[nH]1. The van der Waals surface area contributed by atoms with Crippen molar-refractivity contribution < 1.29 is 9.32 Å². The Hall–Kier alpha value is -2.57. The van der Waals surface area contributed by atoms with Gasteiger partial charge < -0.3 is 14.4 Å². The Morgan fingerprint density at radius 2 is 1.87 bits per heavy atom. The van der Waals surface area contributed by atoms with Gasteiger partial charge in [-0.3, -0.25) is 9.59 Å². The van der Waals surface area contributed by atoms with E-state index in [1.54, 1.807) is 17.9 Å². The van der Waals surface area contributed by atoms with Crippen molar-refractivity contribution in [3.63, 3.8) is 0 Å². The van der Waals surface area contributed by atoms with Gasteiger partial charge in [0, 0.05) is 34.0 Å². The first-order valence-electron chi connectivity index (χ1n) is 9.61. The molecule has 0 fully saturated rings. The standard InChI is InChI=1S/C22H21Cl2N3O3/c1-10-7-11(2)25-21(28)16(10)9-27-6-5-14-17(23)8-15(20(24)19(14)22(27)29)18-12(3)26-30-13(18)4/h7-8H,5-6,9H2,1-4H3,(H,25,28). The number of amides is 1. The number of rotatable bonds is 3. The van der Waals surface area contributed by atoms with Crippen LogP contribution >= 0.6 is 23.2 Å². The predicted molar refractivity (Wildman–Crippen MR) is 116 cm³/mol. The summed E-state index contributed by atoms with van der Waals surface area (Å²) in [6.45, 7) is 7.98. The summed E-state index contributed by atoms with van der Waals surface area (Å²) in [5, 5.41) is 4.80. The van der Waals surface area contributed by atoms with Crippen molar-refractivity contribution in [2.45, 2.75) is 40.7 Å². The van der Waals surface area contributed by atoms with Crippen LogP contribution in [0.3, 0.4) is 0 Å². The molecule has 6 nitrogen and oxygen atoms in total. The third-order valence-corrected chi connectivity index (χ3v) is 6.33. The van der Waals surface area contributed by atoms with Crippen LogP contribution in [0.25, 0.3) is 11.1 Å². The number of benzene rings is 1. The summed E-state index contributed by atoms with van der Waals surface area (Å²) in [7, 11) is 0. The fourth-order valence-corrected chi connectivity index (χ4v) is 4.75. The number of aromatic nitrogens is 2. The predicted octanol–water partition coefficient (Wildman–Crippen LogP) is 4.77. The maximum absolute atomic E-state index is 13.4. The van der Waals surface area contributed by atoms with Gasteiger partial charge in [0.2, 0.25) is 0 Å². The molecular formula is C22H21Cl2N3O3. The third kappa shape index (κ3) is 3.34. The summed E-state index contributed by atoms with van der Waals surface area (Å²) in [5.74, 6) is 0.364. The molecule has 1 aliphatic heterocycles. The first-order chi connectivity index (χ1) is 14.2. The molecular weight excluding hydrogens is 425 g/mol. The van der Waals surface area contributed by atoms with E-state index in [1.807, 2.05) is 26.8 Å². The lowest BCUT2D eigenvalue weighted by atomic mass is 9.92. The number of hydrogen-bond donors (Lipinski definition) is 1. The van der Waals surface area contributed by atoms with Crippen LogP contribution in [0.15, 0.2) is 21.5 Å². The van der Waals surface area contributed by atoms with Gasteiger partial charge >= 0.3 is 0 Å². The van der Waals surface area contributed by atoms with E-state index < -0.39 is 0 Å². The van der Waals surface area contributed by atoms with Gasteiger partial charge in [0.1, 0.15) is 5.76 Å². The highest BCUT2D eigenvalue weighted by Gasteiger charge is 2.32. The van der Waals surface area contributed by atoms with Gasteiger partial charge in [0.25, 0.3) is 11.5 Å². The number of H-pyrrole nitrogens is 1. The van der Waals surface area contributed by atoms with Gasteiger partial charge in [-0.1, -0.05) is 28.4 Å². The number of carbonyl (C=O) groups is 1. The maximum atomic E-state index is 13.4. The van der Waals surface area contributed by atoms with Crippen LogP contribution in [-0.4, -0.2) is 27.5 Å². The van der Waals surface area contributed by atoms with Crippen molar-refractivity contribution in [1.29, 1.82) is 0 Å². The summed E-state index contributed by atoms with van der Waals surface area (Å²) in [4.78, 5) is 30.3. The van der Waals surface area contributed by atoms with Crippen molar-refractivity contribution in [1.82, 2.24) is 15.0 Å². The Morgan fingerprint density at radius 1 is 1.13 bits per heavy atom. The fraction of sp³-hybridized carbons (Fsp3) is 0.318. The number of pyridine rings is 1. The van der Waals surface area contributed by atoms with E-state index in [1.165, 1.54) is 0 Å². The highest BCUT2D eigenvalue weighted by molar-refractivity contribution is 6.39. The van der Waals surface area contributed by atoms with Crippen molar-refractivity contribution in [3.05, 3.63) is 71.9 Å². The topological polar surface area (TPSA) is 79.2 Å². The molecule has 2 aromatic heterocycles. The van der Waals surface area contributed by atoms with Crippen LogP contribution in [0.2, 0.25) is 10.0 Å². The molecule has 4 rings (SSSR count). The number of fused-ring (bicyclic) bond motifs is 1. The summed E-state index contributed by atoms with van der Waals surface area (Å²) >= 11 is 13.3. The molecule has 1 N–H and O–H groups in total. The van der Waals surface area contributed by atoms with Crippen LogP contribution in [0.4, 0.5) is 0 Å². The van der Waals surface area contributed by atoms with Crippen molar-refractivity contribution in [3.8, 4) is 11.1 Å². The molecule has 1 aliphatic rings. The number of hydrogen-bond acceptors (Lipinski definition) is 4. The average molecular weight is 446 g/mol. The Balaban J connectivity index is 1.79. The monoisotopic (exact) mass is 445 g/mol. The van der Waals surface area contributed by atoms with E-state index in [0.717, 1.165) is 22.4 Å². The molecule has 0 spiro atoms. The van der Waals surface area contributed by atoms with Gasteiger partial charge in [-0.25, -0.2) is 0 Å². The Kier molecular flexibility index (Phi) is 5.24. The molecule has 3 aromatic rings. The lowest BCUT2D eigenvalue weighted by Crippen LogP contribution is -2.39. The van der Waals surface area contributed by atoms with Gasteiger partial charge in [-0.2, -0.15) is 0 Å². The Morgan fingerprint density at radius 3 is 2.50 bits per heavy atom. The lowest BCUT2D eigenvalue weighted by Gasteiger charge is -2.30. The Labute approximate surface area is 183 Å². The molecule has 0 radical (unpaired) electrons. The fourth-order valence-electron chi connectivity index (χ4n) is 4.11. The highest BCUT2D eigenvalue weighted by atomic mass is 35.5. The molecule has 8 heteroatoms. The molecule has 0 unspecified atom stereocenters. The van der Waals surface area contributed by atoms with Crippen LogP contribution in [0.5, 0.6) is 0 Å². The maximum Gasteiger partial charge on any atom is 0.256 e. The molecule has 1 aromatic carbocycles. The van der Waals surface area contributed by atoms with Crippen molar-refractivity contribution in [2.24, 2.45) is 0 Å². The average Bonchev–Trinajstić information content (AvgIpc) is 3.00. The van der Waals surface area contributed by atoms with Crippen molar-refractivity contribution in [2.75, 3.05) is 6.54 Å². The van der Waals surface area contributed by atoms with Crippen LogP contribution in [0, 0.1) is 27.7 Å². The van der Waals surface area contributed by atoms with Crippen LogP contribution in [-0.2, 0) is 13.0 Å². The Bertz CT molecular complexity index is 1220. The minimum absolute atomic E-state index is 0.181. The normalized spacial score (nSPS) is 13.7. The first kappa shape index (κ1) is 20.7. The summed E-state index contributed by atoms with van der Waals surface area (Å²) < 4.78 is 5.27.